The lowest BCUT2D eigenvalue weighted by atomic mass is 9.88. The Bertz CT molecular complexity index is 172. The van der Waals surface area contributed by atoms with E-state index in [0.717, 1.165) is 13.0 Å². The van der Waals surface area contributed by atoms with Crippen LogP contribution in [-0.4, -0.2) is 25.2 Å². The van der Waals surface area contributed by atoms with Crippen molar-refractivity contribution in [3.8, 4) is 0 Å². The summed E-state index contributed by atoms with van der Waals surface area (Å²) in [7, 11) is 0. The predicted molar refractivity (Wildman–Crippen MR) is 46.8 cm³/mol. The molecule has 1 heterocycles. The second-order valence-electron chi connectivity index (χ2n) is 4.26. The van der Waals surface area contributed by atoms with Gasteiger partial charge in [0, 0.05) is 13.2 Å². The Balaban J connectivity index is 2.66. The molecule has 12 heavy (non-hydrogen) atoms. The molecule has 0 saturated carbocycles. The number of carbonyl (C=O) groups excluding carboxylic acids is 1. The van der Waals surface area contributed by atoms with Crippen molar-refractivity contribution in [3.63, 3.8) is 0 Å². The molecule has 0 aromatic rings. The van der Waals surface area contributed by atoms with E-state index in [1.807, 2.05) is 20.8 Å². The van der Waals surface area contributed by atoms with Gasteiger partial charge in [-0.05, 0) is 11.8 Å². The number of hydrogen-bond acceptors (Lipinski definition) is 2. The summed E-state index contributed by atoms with van der Waals surface area (Å²) in [6.45, 7) is 7.47. The van der Waals surface area contributed by atoms with Crippen LogP contribution in [0.3, 0.4) is 0 Å². The van der Waals surface area contributed by atoms with Crippen LogP contribution in [0.2, 0.25) is 0 Å². The maximum atomic E-state index is 11.4. The maximum Gasteiger partial charge on any atom is 0.249 e. The first-order chi connectivity index (χ1) is 5.52. The molecule has 1 saturated heterocycles. The van der Waals surface area contributed by atoms with Crippen molar-refractivity contribution >= 4 is 5.91 Å². The van der Waals surface area contributed by atoms with E-state index in [1.54, 1.807) is 0 Å². The molecule has 0 aromatic heterocycles. The van der Waals surface area contributed by atoms with E-state index in [-0.39, 0.29) is 17.4 Å². The number of nitrogens with one attached hydrogen (secondary N) is 1. The minimum absolute atomic E-state index is 0.0278. The standard InChI is InChI=1S/C9H17NO2/c1-9(2,3)7-8(11)10-5-4-6-12-7/h7H,4-6H2,1-3H3,(H,10,11). The Morgan fingerprint density at radius 3 is 2.75 bits per heavy atom. The predicted octanol–water partition coefficient (Wildman–Crippen LogP) is 0.938. The Kier molecular flexibility index (Phi) is 2.73. The first-order valence-electron chi connectivity index (χ1n) is 4.41. The van der Waals surface area contributed by atoms with Gasteiger partial charge in [0.15, 0.2) is 0 Å². The molecule has 70 valence electrons. The Hall–Kier alpha value is -0.570. The van der Waals surface area contributed by atoms with Gasteiger partial charge in [0.25, 0.3) is 0 Å². The van der Waals surface area contributed by atoms with E-state index in [0.29, 0.717) is 6.61 Å². The van der Waals surface area contributed by atoms with E-state index in [1.165, 1.54) is 0 Å². The average Bonchev–Trinajstić information content (AvgIpc) is 2.11. The Morgan fingerprint density at radius 2 is 2.17 bits per heavy atom. The average molecular weight is 171 g/mol. The highest BCUT2D eigenvalue weighted by atomic mass is 16.5. The second-order valence-corrected chi connectivity index (χ2v) is 4.26. The molecule has 0 spiro atoms. The molecule has 1 amide bonds. The van der Waals surface area contributed by atoms with Crippen molar-refractivity contribution in [2.45, 2.75) is 33.3 Å². The van der Waals surface area contributed by atoms with E-state index in [2.05, 4.69) is 5.32 Å². The fourth-order valence-corrected chi connectivity index (χ4v) is 1.30. The van der Waals surface area contributed by atoms with Crippen molar-refractivity contribution in [3.05, 3.63) is 0 Å². The summed E-state index contributed by atoms with van der Waals surface area (Å²) >= 11 is 0. The van der Waals surface area contributed by atoms with Gasteiger partial charge in [-0.1, -0.05) is 20.8 Å². The van der Waals surface area contributed by atoms with Gasteiger partial charge in [0.1, 0.15) is 6.10 Å². The number of hydrogen-bond donors (Lipinski definition) is 1. The molecule has 1 atom stereocenters. The van der Waals surface area contributed by atoms with Gasteiger partial charge in [-0.25, -0.2) is 0 Å². The summed E-state index contributed by atoms with van der Waals surface area (Å²) in [5.41, 5.74) is -0.103. The monoisotopic (exact) mass is 171 g/mol. The molecule has 1 rings (SSSR count). The molecule has 0 aromatic carbocycles. The van der Waals surface area contributed by atoms with Gasteiger partial charge in [-0.2, -0.15) is 0 Å². The van der Waals surface area contributed by atoms with Gasteiger partial charge in [-0.3, -0.25) is 4.79 Å². The summed E-state index contributed by atoms with van der Waals surface area (Å²) in [5, 5.41) is 2.84. The Labute approximate surface area is 73.5 Å². The molecule has 1 aliphatic rings. The van der Waals surface area contributed by atoms with Crippen LogP contribution >= 0.6 is 0 Å². The van der Waals surface area contributed by atoms with Crippen molar-refractivity contribution in [2.75, 3.05) is 13.2 Å². The first-order valence-corrected chi connectivity index (χ1v) is 4.41. The zero-order valence-corrected chi connectivity index (χ0v) is 8.02. The highest BCUT2D eigenvalue weighted by Gasteiger charge is 2.32. The number of ether oxygens (including phenoxy) is 1. The molecular weight excluding hydrogens is 154 g/mol. The van der Waals surface area contributed by atoms with E-state index >= 15 is 0 Å². The highest BCUT2D eigenvalue weighted by Crippen LogP contribution is 2.23. The lowest BCUT2D eigenvalue weighted by Gasteiger charge is -2.27. The lowest BCUT2D eigenvalue weighted by molar-refractivity contribution is -0.137. The fourth-order valence-electron chi connectivity index (χ4n) is 1.30. The summed E-state index contributed by atoms with van der Waals surface area (Å²) in [6, 6.07) is 0. The summed E-state index contributed by atoms with van der Waals surface area (Å²) in [5.74, 6) is 0.0278. The molecular formula is C9H17NO2. The van der Waals surface area contributed by atoms with Crippen LogP contribution in [0.5, 0.6) is 0 Å². The van der Waals surface area contributed by atoms with Crippen LogP contribution in [0.4, 0.5) is 0 Å². The van der Waals surface area contributed by atoms with Crippen molar-refractivity contribution in [1.82, 2.24) is 5.32 Å². The summed E-state index contributed by atoms with van der Waals surface area (Å²) in [6.07, 6.45) is 0.623. The first kappa shape index (κ1) is 9.52. The quantitative estimate of drug-likeness (QED) is 0.589. The van der Waals surface area contributed by atoms with Crippen LogP contribution in [0, 0.1) is 5.41 Å². The molecule has 0 aliphatic carbocycles. The van der Waals surface area contributed by atoms with Crippen LogP contribution in [-0.2, 0) is 9.53 Å². The third-order valence-electron chi connectivity index (χ3n) is 1.93. The second kappa shape index (κ2) is 3.44. The molecule has 3 nitrogen and oxygen atoms in total. The third kappa shape index (κ3) is 2.21. The van der Waals surface area contributed by atoms with Gasteiger partial charge in [0.2, 0.25) is 5.91 Å². The Morgan fingerprint density at radius 1 is 1.50 bits per heavy atom. The molecule has 3 heteroatoms. The molecule has 1 aliphatic heterocycles. The third-order valence-corrected chi connectivity index (χ3v) is 1.93. The molecule has 1 fully saturated rings. The van der Waals surface area contributed by atoms with Crippen molar-refractivity contribution < 1.29 is 9.53 Å². The van der Waals surface area contributed by atoms with E-state index < -0.39 is 0 Å². The largest absolute Gasteiger partial charge is 0.368 e. The zero-order valence-electron chi connectivity index (χ0n) is 8.02. The normalized spacial score (nSPS) is 26.2. The van der Waals surface area contributed by atoms with Gasteiger partial charge in [0.05, 0.1) is 0 Å². The van der Waals surface area contributed by atoms with E-state index in [4.69, 9.17) is 4.74 Å². The van der Waals surface area contributed by atoms with Gasteiger partial charge in [-0.15, -0.1) is 0 Å². The molecule has 1 unspecified atom stereocenters. The van der Waals surface area contributed by atoms with Crippen molar-refractivity contribution in [1.29, 1.82) is 0 Å². The van der Waals surface area contributed by atoms with E-state index in [9.17, 15) is 4.79 Å². The minimum atomic E-state index is -0.292. The number of rotatable bonds is 0. The highest BCUT2D eigenvalue weighted by molar-refractivity contribution is 5.81. The van der Waals surface area contributed by atoms with Gasteiger partial charge < -0.3 is 10.1 Å². The summed E-state index contributed by atoms with van der Waals surface area (Å²) < 4.78 is 5.47. The van der Waals surface area contributed by atoms with Crippen LogP contribution < -0.4 is 5.32 Å². The SMILES string of the molecule is CC(C)(C)C1OCCCNC1=O. The molecule has 1 N–H and O–H groups in total. The summed E-state index contributed by atoms with van der Waals surface area (Å²) in [4.78, 5) is 11.4. The smallest absolute Gasteiger partial charge is 0.249 e. The van der Waals surface area contributed by atoms with Crippen LogP contribution in [0.1, 0.15) is 27.2 Å². The topological polar surface area (TPSA) is 38.3 Å². The van der Waals surface area contributed by atoms with Crippen LogP contribution in [0.25, 0.3) is 0 Å². The molecule has 0 radical (unpaired) electrons. The fraction of sp³-hybridized carbons (Fsp3) is 0.889. The van der Waals surface area contributed by atoms with Crippen molar-refractivity contribution in [2.24, 2.45) is 5.41 Å². The zero-order chi connectivity index (χ0) is 9.19. The lowest BCUT2D eigenvalue weighted by Crippen LogP contribution is -2.42. The maximum absolute atomic E-state index is 11.4. The minimum Gasteiger partial charge on any atom is -0.368 e. The van der Waals surface area contributed by atoms with Gasteiger partial charge >= 0.3 is 0 Å². The molecule has 0 bridgehead atoms. The van der Waals surface area contributed by atoms with Crippen LogP contribution in [0.15, 0.2) is 0 Å². The number of amides is 1. The number of carbonyl (C=O) groups is 1.